The third kappa shape index (κ3) is 6.35. The summed E-state index contributed by atoms with van der Waals surface area (Å²) in [5.74, 6) is -1.19. The molecule has 0 saturated heterocycles. The Morgan fingerprint density at radius 3 is 2.44 bits per heavy atom. The Bertz CT molecular complexity index is 685. The summed E-state index contributed by atoms with van der Waals surface area (Å²) in [5.41, 5.74) is 5.62. The first kappa shape index (κ1) is 21.5. The van der Waals surface area contributed by atoms with Crippen molar-refractivity contribution in [2.75, 3.05) is 5.75 Å². The van der Waals surface area contributed by atoms with Crippen LogP contribution < -0.4 is 0 Å². The number of thioether (sulfide) groups is 1. The highest BCUT2D eigenvalue weighted by Gasteiger charge is 2.17. The zero-order valence-corrected chi connectivity index (χ0v) is 16.9. The Hall–Kier alpha value is -1.55. The average molecular weight is 365 g/mol. The van der Waals surface area contributed by atoms with Crippen LogP contribution in [0.25, 0.3) is 5.57 Å². The molecule has 1 aromatic carbocycles. The highest BCUT2D eigenvalue weighted by Crippen LogP contribution is 2.35. The third-order valence-corrected chi connectivity index (χ3v) is 5.46. The molecule has 2 nitrogen and oxygen atoms in total. The minimum Gasteiger partial charge on any atom is -0.481 e. The molecule has 4 heteroatoms. The molecule has 1 atom stereocenters. The van der Waals surface area contributed by atoms with Crippen LogP contribution in [0.3, 0.4) is 0 Å². The van der Waals surface area contributed by atoms with Crippen molar-refractivity contribution in [2.45, 2.75) is 65.2 Å². The van der Waals surface area contributed by atoms with Crippen LogP contribution in [-0.2, 0) is 4.79 Å². The molecule has 1 unspecified atom stereocenters. The maximum absolute atomic E-state index is 14.5. The lowest BCUT2D eigenvalue weighted by Gasteiger charge is -2.19. The van der Waals surface area contributed by atoms with Crippen LogP contribution in [0.15, 0.2) is 34.3 Å². The number of rotatable bonds is 8. The molecular weight excluding hydrogens is 335 g/mol. The molecule has 1 aromatic rings. The highest BCUT2D eigenvalue weighted by molar-refractivity contribution is 8.00. The number of halogens is 1. The molecule has 0 aliphatic heterocycles. The SMILES string of the molecule is CC/C(C)=C(/C)c1cc(F)c(SCC(=O)O)cc1C(C)CC=C(C)C. The van der Waals surface area contributed by atoms with Crippen molar-refractivity contribution >= 4 is 23.3 Å². The van der Waals surface area contributed by atoms with Crippen molar-refractivity contribution in [2.24, 2.45) is 0 Å². The summed E-state index contributed by atoms with van der Waals surface area (Å²) >= 11 is 1.04. The van der Waals surface area contributed by atoms with Gasteiger partial charge in [-0.1, -0.05) is 31.1 Å². The van der Waals surface area contributed by atoms with Gasteiger partial charge in [-0.2, -0.15) is 0 Å². The van der Waals surface area contributed by atoms with E-state index in [-0.39, 0.29) is 17.5 Å². The van der Waals surface area contributed by atoms with Gasteiger partial charge in [-0.25, -0.2) is 4.39 Å². The quantitative estimate of drug-likeness (QED) is 0.413. The van der Waals surface area contributed by atoms with Gasteiger partial charge in [0.2, 0.25) is 0 Å². The van der Waals surface area contributed by atoms with E-state index in [1.165, 1.54) is 11.1 Å². The second kappa shape index (κ2) is 9.81. The Labute approximate surface area is 155 Å². The summed E-state index contributed by atoms with van der Waals surface area (Å²) in [7, 11) is 0. The maximum Gasteiger partial charge on any atom is 0.313 e. The molecule has 0 aliphatic rings. The number of hydrogen-bond acceptors (Lipinski definition) is 2. The summed E-state index contributed by atoms with van der Waals surface area (Å²) in [4.78, 5) is 11.2. The molecule has 1 rings (SSSR count). The number of benzene rings is 1. The van der Waals surface area contributed by atoms with E-state index in [4.69, 9.17) is 5.11 Å². The van der Waals surface area contributed by atoms with Crippen LogP contribution in [0, 0.1) is 5.82 Å². The Morgan fingerprint density at radius 2 is 1.92 bits per heavy atom. The van der Waals surface area contributed by atoms with Crippen molar-refractivity contribution in [1.29, 1.82) is 0 Å². The molecule has 0 aliphatic carbocycles. The second-order valence-electron chi connectivity index (χ2n) is 6.73. The van der Waals surface area contributed by atoms with Gasteiger partial charge in [-0.3, -0.25) is 4.79 Å². The van der Waals surface area contributed by atoms with Crippen molar-refractivity contribution in [1.82, 2.24) is 0 Å². The van der Waals surface area contributed by atoms with Crippen LogP contribution >= 0.6 is 11.8 Å². The molecule has 0 heterocycles. The molecular formula is C21H29FO2S. The Morgan fingerprint density at radius 1 is 1.28 bits per heavy atom. The van der Waals surface area contributed by atoms with Crippen molar-refractivity contribution in [3.63, 3.8) is 0 Å². The van der Waals surface area contributed by atoms with E-state index in [0.29, 0.717) is 4.90 Å². The number of aliphatic carboxylic acids is 1. The first-order valence-corrected chi connectivity index (χ1v) is 9.64. The first-order valence-electron chi connectivity index (χ1n) is 8.65. The fraction of sp³-hybridized carbons (Fsp3) is 0.476. The summed E-state index contributed by atoms with van der Waals surface area (Å²) in [5, 5.41) is 8.88. The van der Waals surface area contributed by atoms with Crippen LogP contribution in [0.4, 0.5) is 4.39 Å². The van der Waals surface area contributed by atoms with E-state index in [1.807, 2.05) is 13.0 Å². The van der Waals surface area contributed by atoms with Gasteiger partial charge in [0.15, 0.2) is 0 Å². The lowest BCUT2D eigenvalue weighted by molar-refractivity contribution is -0.133. The summed E-state index contributed by atoms with van der Waals surface area (Å²) in [6, 6.07) is 3.42. The van der Waals surface area contributed by atoms with Crippen molar-refractivity contribution in [3.8, 4) is 0 Å². The molecule has 0 fully saturated rings. The number of carbonyl (C=O) groups is 1. The Balaban J connectivity index is 3.41. The zero-order valence-electron chi connectivity index (χ0n) is 16.1. The van der Waals surface area contributed by atoms with E-state index in [0.717, 1.165) is 41.3 Å². The molecule has 0 spiro atoms. The predicted octanol–water partition coefficient (Wildman–Crippen LogP) is 6.67. The zero-order chi connectivity index (χ0) is 19.1. The molecule has 0 saturated carbocycles. The predicted molar refractivity (Wildman–Crippen MR) is 106 cm³/mol. The van der Waals surface area contributed by atoms with Gasteiger partial charge >= 0.3 is 5.97 Å². The minimum atomic E-state index is -0.939. The minimum absolute atomic E-state index is 0.138. The second-order valence-corrected chi connectivity index (χ2v) is 7.75. The van der Waals surface area contributed by atoms with E-state index in [2.05, 4.69) is 40.7 Å². The summed E-state index contributed by atoms with van der Waals surface area (Å²) in [6.07, 6.45) is 3.99. The molecule has 0 bridgehead atoms. The normalized spacial score (nSPS) is 13.2. The van der Waals surface area contributed by atoms with Gasteiger partial charge in [0.25, 0.3) is 0 Å². The van der Waals surface area contributed by atoms with Crippen LogP contribution in [-0.4, -0.2) is 16.8 Å². The monoisotopic (exact) mass is 364 g/mol. The highest BCUT2D eigenvalue weighted by atomic mass is 32.2. The summed E-state index contributed by atoms with van der Waals surface area (Å²) < 4.78 is 14.5. The van der Waals surface area contributed by atoms with Crippen molar-refractivity contribution in [3.05, 3.63) is 46.3 Å². The van der Waals surface area contributed by atoms with Crippen LogP contribution in [0.5, 0.6) is 0 Å². The van der Waals surface area contributed by atoms with E-state index in [1.54, 1.807) is 6.07 Å². The van der Waals surface area contributed by atoms with Gasteiger partial charge in [0.05, 0.1) is 5.75 Å². The molecule has 0 aromatic heterocycles. The first-order chi connectivity index (χ1) is 11.7. The third-order valence-electron chi connectivity index (χ3n) is 4.44. The number of carboxylic acids is 1. The largest absolute Gasteiger partial charge is 0.481 e. The average Bonchev–Trinajstić information content (AvgIpc) is 2.56. The fourth-order valence-corrected chi connectivity index (χ4v) is 3.27. The Kier molecular flexibility index (Phi) is 8.43. The molecule has 1 N–H and O–H groups in total. The number of carboxylic acid groups (broad SMARTS) is 1. The maximum atomic E-state index is 14.5. The lowest BCUT2D eigenvalue weighted by Crippen LogP contribution is -2.03. The number of hydrogen-bond donors (Lipinski definition) is 1. The topological polar surface area (TPSA) is 37.3 Å². The van der Waals surface area contributed by atoms with Gasteiger partial charge in [0, 0.05) is 4.90 Å². The van der Waals surface area contributed by atoms with Crippen molar-refractivity contribution < 1.29 is 14.3 Å². The fourth-order valence-electron chi connectivity index (χ4n) is 2.59. The van der Waals surface area contributed by atoms with Gasteiger partial charge < -0.3 is 5.11 Å². The van der Waals surface area contributed by atoms with Gasteiger partial charge in [0.1, 0.15) is 5.82 Å². The standard InChI is InChI=1S/C21H29FO2S/c1-7-14(4)16(6)18-10-19(22)20(25-12-21(23)24)11-17(18)15(5)9-8-13(2)3/h8,10-11,15H,7,9,12H2,1-6H3,(H,23,24)/b16-14-. The van der Waals surface area contributed by atoms with E-state index >= 15 is 0 Å². The van der Waals surface area contributed by atoms with E-state index < -0.39 is 5.97 Å². The van der Waals surface area contributed by atoms with Gasteiger partial charge in [-0.05, 0) is 75.3 Å². The summed E-state index contributed by atoms with van der Waals surface area (Å²) in [6.45, 7) is 12.5. The van der Waals surface area contributed by atoms with Gasteiger partial charge in [-0.15, -0.1) is 11.8 Å². The molecule has 0 radical (unpaired) electrons. The van der Waals surface area contributed by atoms with Crippen LogP contribution in [0.2, 0.25) is 0 Å². The van der Waals surface area contributed by atoms with Crippen LogP contribution in [0.1, 0.15) is 71.4 Å². The molecule has 138 valence electrons. The number of allylic oxidation sites excluding steroid dienone is 4. The molecule has 25 heavy (non-hydrogen) atoms. The van der Waals surface area contributed by atoms with E-state index in [9.17, 15) is 9.18 Å². The smallest absolute Gasteiger partial charge is 0.313 e. The molecule has 0 amide bonds. The lowest BCUT2D eigenvalue weighted by atomic mass is 9.87.